The maximum Gasteiger partial charge on any atom is 0.389 e. The van der Waals surface area contributed by atoms with E-state index >= 15 is 0 Å². The molecule has 0 heterocycles. The summed E-state index contributed by atoms with van der Waals surface area (Å²) in [5, 5.41) is 0. The van der Waals surface area contributed by atoms with Crippen molar-refractivity contribution >= 4 is 0 Å². The van der Waals surface area contributed by atoms with Crippen molar-refractivity contribution in [1.82, 2.24) is 0 Å². The molecule has 0 spiro atoms. The van der Waals surface area contributed by atoms with Crippen LogP contribution in [0.5, 0.6) is 0 Å². The fourth-order valence-electron chi connectivity index (χ4n) is 1.81. The molecule has 0 aliphatic heterocycles. The summed E-state index contributed by atoms with van der Waals surface area (Å²) in [6, 6.07) is 7.62. The van der Waals surface area contributed by atoms with Crippen molar-refractivity contribution in [3.05, 3.63) is 35.4 Å². The Labute approximate surface area is 118 Å². The van der Waals surface area contributed by atoms with Crippen molar-refractivity contribution in [2.24, 2.45) is 5.73 Å². The van der Waals surface area contributed by atoms with Crippen molar-refractivity contribution in [3.8, 4) is 0 Å². The van der Waals surface area contributed by atoms with Crippen LogP contribution >= 0.6 is 0 Å². The van der Waals surface area contributed by atoms with Gasteiger partial charge in [-0.25, -0.2) is 0 Å². The van der Waals surface area contributed by atoms with Crippen molar-refractivity contribution in [1.29, 1.82) is 0 Å². The van der Waals surface area contributed by atoms with Gasteiger partial charge >= 0.3 is 6.18 Å². The first-order valence-corrected chi connectivity index (χ1v) is 6.79. The summed E-state index contributed by atoms with van der Waals surface area (Å²) in [6.07, 6.45) is -4.95. The van der Waals surface area contributed by atoms with E-state index in [1.807, 2.05) is 24.3 Å². The molecule has 0 amide bonds. The minimum atomic E-state index is -4.11. The number of nitrogens with two attached hydrogens (primary N) is 1. The second-order valence-corrected chi connectivity index (χ2v) is 5.22. The third kappa shape index (κ3) is 6.39. The largest absolute Gasteiger partial charge is 0.389 e. The molecular formula is C15H22F3NO. The Morgan fingerprint density at radius 1 is 1.10 bits per heavy atom. The third-order valence-electron chi connectivity index (χ3n) is 3.08. The standard InChI is InChI=1S/C15H22F3NO/c1-11(2)12-4-6-13(7-5-12)14(19)10-20-9-3-8-15(16,17)18/h4-7,11,14H,3,8-10,19H2,1-2H3. The first kappa shape index (κ1) is 17.0. The smallest absolute Gasteiger partial charge is 0.379 e. The van der Waals surface area contributed by atoms with Crippen LogP contribution in [0.2, 0.25) is 0 Å². The van der Waals surface area contributed by atoms with E-state index < -0.39 is 12.6 Å². The van der Waals surface area contributed by atoms with Crippen LogP contribution in [0, 0.1) is 0 Å². The van der Waals surface area contributed by atoms with Crippen LogP contribution in [0.25, 0.3) is 0 Å². The van der Waals surface area contributed by atoms with Gasteiger partial charge in [-0.2, -0.15) is 13.2 Å². The molecule has 0 aromatic heterocycles. The highest BCUT2D eigenvalue weighted by atomic mass is 19.4. The molecule has 1 rings (SSSR count). The van der Waals surface area contributed by atoms with Crippen LogP contribution in [0.15, 0.2) is 24.3 Å². The molecule has 1 unspecified atom stereocenters. The van der Waals surface area contributed by atoms with E-state index in [-0.39, 0.29) is 25.7 Å². The Kier molecular flexibility index (Phi) is 6.49. The van der Waals surface area contributed by atoms with E-state index in [2.05, 4.69) is 13.8 Å². The molecule has 0 radical (unpaired) electrons. The Balaban J connectivity index is 2.30. The van der Waals surface area contributed by atoms with E-state index in [9.17, 15) is 13.2 Å². The third-order valence-corrected chi connectivity index (χ3v) is 3.08. The Morgan fingerprint density at radius 2 is 1.65 bits per heavy atom. The highest BCUT2D eigenvalue weighted by Crippen LogP contribution is 2.21. The van der Waals surface area contributed by atoms with Gasteiger partial charge < -0.3 is 10.5 Å². The van der Waals surface area contributed by atoms with E-state index in [1.54, 1.807) is 0 Å². The average molecular weight is 289 g/mol. The molecule has 2 nitrogen and oxygen atoms in total. The zero-order chi connectivity index (χ0) is 15.2. The summed E-state index contributed by atoms with van der Waals surface area (Å²) >= 11 is 0. The van der Waals surface area contributed by atoms with Crippen LogP contribution in [-0.2, 0) is 4.74 Å². The zero-order valence-electron chi connectivity index (χ0n) is 11.9. The normalized spacial score (nSPS) is 13.8. The average Bonchev–Trinajstić information content (AvgIpc) is 2.37. The summed E-state index contributed by atoms with van der Waals surface area (Å²) in [7, 11) is 0. The number of hydrogen-bond donors (Lipinski definition) is 1. The van der Waals surface area contributed by atoms with E-state index in [4.69, 9.17) is 10.5 Å². The van der Waals surface area contributed by atoms with E-state index in [0.717, 1.165) is 5.56 Å². The number of alkyl halides is 3. The lowest BCUT2D eigenvalue weighted by Gasteiger charge is -2.14. The fourth-order valence-corrected chi connectivity index (χ4v) is 1.81. The van der Waals surface area contributed by atoms with Gasteiger partial charge in [-0.1, -0.05) is 38.1 Å². The Hall–Kier alpha value is -1.07. The molecule has 5 heteroatoms. The molecule has 0 fully saturated rings. The van der Waals surface area contributed by atoms with Gasteiger partial charge in [0, 0.05) is 13.0 Å². The van der Waals surface area contributed by atoms with Gasteiger partial charge in [0.05, 0.1) is 12.6 Å². The van der Waals surface area contributed by atoms with Crippen molar-refractivity contribution in [2.45, 2.75) is 44.8 Å². The number of halogens is 3. The number of hydrogen-bond acceptors (Lipinski definition) is 2. The number of ether oxygens (including phenoxy) is 1. The quantitative estimate of drug-likeness (QED) is 0.765. The van der Waals surface area contributed by atoms with Gasteiger partial charge in [-0.3, -0.25) is 0 Å². The summed E-state index contributed by atoms with van der Waals surface area (Å²) < 4.78 is 41.0. The minimum absolute atomic E-state index is 0.0253. The lowest BCUT2D eigenvalue weighted by molar-refractivity contribution is -0.137. The summed E-state index contributed by atoms with van der Waals surface area (Å²) in [5.74, 6) is 0.457. The Morgan fingerprint density at radius 3 is 2.15 bits per heavy atom. The second-order valence-electron chi connectivity index (χ2n) is 5.22. The molecular weight excluding hydrogens is 267 g/mol. The molecule has 0 bridgehead atoms. The molecule has 1 atom stereocenters. The fraction of sp³-hybridized carbons (Fsp3) is 0.600. The molecule has 20 heavy (non-hydrogen) atoms. The first-order chi connectivity index (χ1) is 9.29. The predicted octanol–water partition coefficient (Wildman–Crippen LogP) is 4.17. The molecule has 1 aromatic rings. The highest BCUT2D eigenvalue weighted by molar-refractivity contribution is 5.26. The van der Waals surface area contributed by atoms with Gasteiger partial charge in [0.25, 0.3) is 0 Å². The minimum Gasteiger partial charge on any atom is -0.379 e. The van der Waals surface area contributed by atoms with Gasteiger partial charge in [0.15, 0.2) is 0 Å². The highest BCUT2D eigenvalue weighted by Gasteiger charge is 2.25. The van der Waals surface area contributed by atoms with Gasteiger partial charge in [0.1, 0.15) is 0 Å². The van der Waals surface area contributed by atoms with Gasteiger partial charge in [-0.15, -0.1) is 0 Å². The molecule has 114 valence electrons. The predicted molar refractivity (Wildman–Crippen MR) is 73.6 cm³/mol. The first-order valence-electron chi connectivity index (χ1n) is 6.79. The number of benzene rings is 1. The summed E-state index contributed by atoms with van der Waals surface area (Å²) in [4.78, 5) is 0. The lowest BCUT2D eigenvalue weighted by atomic mass is 10.00. The SMILES string of the molecule is CC(C)c1ccc(C(N)COCCCC(F)(F)F)cc1. The topological polar surface area (TPSA) is 35.2 Å². The molecule has 2 N–H and O–H groups in total. The van der Waals surface area contributed by atoms with Crippen LogP contribution in [0.3, 0.4) is 0 Å². The van der Waals surface area contributed by atoms with Crippen LogP contribution in [0.1, 0.15) is 49.8 Å². The maximum atomic E-state index is 11.9. The van der Waals surface area contributed by atoms with Crippen molar-refractivity contribution < 1.29 is 17.9 Å². The van der Waals surface area contributed by atoms with Crippen LogP contribution in [-0.4, -0.2) is 19.4 Å². The number of rotatable bonds is 7. The van der Waals surface area contributed by atoms with Crippen LogP contribution in [0.4, 0.5) is 13.2 Å². The second kappa shape index (κ2) is 7.64. The van der Waals surface area contributed by atoms with Gasteiger partial charge in [-0.05, 0) is 23.5 Å². The van der Waals surface area contributed by atoms with Crippen molar-refractivity contribution in [2.75, 3.05) is 13.2 Å². The van der Waals surface area contributed by atoms with E-state index in [0.29, 0.717) is 5.92 Å². The molecule has 0 aliphatic rings. The summed E-state index contributed by atoms with van der Waals surface area (Å²) in [6.45, 7) is 4.54. The van der Waals surface area contributed by atoms with Gasteiger partial charge in [0.2, 0.25) is 0 Å². The van der Waals surface area contributed by atoms with Crippen LogP contribution < -0.4 is 5.73 Å². The zero-order valence-corrected chi connectivity index (χ0v) is 11.9. The molecule has 0 aliphatic carbocycles. The molecule has 0 saturated carbocycles. The molecule has 0 saturated heterocycles. The lowest BCUT2D eigenvalue weighted by Crippen LogP contribution is -2.18. The monoisotopic (exact) mass is 289 g/mol. The Bertz CT molecular complexity index is 387. The molecule has 1 aromatic carbocycles. The van der Waals surface area contributed by atoms with E-state index in [1.165, 1.54) is 5.56 Å². The summed E-state index contributed by atoms with van der Waals surface area (Å²) in [5.41, 5.74) is 8.11. The maximum absolute atomic E-state index is 11.9. The van der Waals surface area contributed by atoms with Crippen molar-refractivity contribution in [3.63, 3.8) is 0 Å².